The predicted octanol–water partition coefficient (Wildman–Crippen LogP) is 0.135. The van der Waals surface area contributed by atoms with Gasteiger partial charge in [0.1, 0.15) is 11.3 Å². The van der Waals surface area contributed by atoms with Crippen molar-refractivity contribution in [3.8, 4) is 0 Å². The molecule has 1 aromatic carbocycles. The summed E-state index contributed by atoms with van der Waals surface area (Å²) in [5.41, 5.74) is -0.757. The lowest BCUT2D eigenvalue weighted by atomic mass is 10.2. The van der Waals surface area contributed by atoms with E-state index in [4.69, 9.17) is 0 Å². The molecule has 0 saturated carbocycles. The van der Waals surface area contributed by atoms with Gasteiger partial charge in [0.25, 0.3) is 11.5 Å². The van der Waals surface area contributed by atoms with Gasteiger partial charge < -0.3 is 5.32 Å². The van der Waals surface area contributed by atoms with Crippen molar-refractivity contribution in [3.05, 3.63) is 62.9 Å². The highest BCUT2D eigenvalue weighted by molar-refractivity contribution is 7.89. The van der Waals surface area contributed by atoms with Gasteiger partial charge in [0.05, 0.1) is 10.3 Å². The molecule has 0 aliphatic rings. The number of nitrogens with zero attached hydrogens (tertiary/aromatic N) is 4. The lowest BCUT2D eigenvalue weighted by Gasteiger charge is -2.13. The Morgan fingerprint density at radius 2 is 1.76 bits per heavy atom. The summed E-state index contributed by atoms with van der Waals surface area (Å²) in [7, 11) is 1.98. The number of rotatable bonds is 4. The van der Waals surface area contributed by atoms with E-state index in [1.54, 1.807) is 6.07 Å². The molecule has 0 saturated heterocycles. The SMILES string of the molecule is CN(C)S(=O)(=O)c1cccc(NC(=O)c2ccc3c(=O)n(C)c(=O)n(C)c3n2)c1. The smallest absolute Gasteiger partial charge is 0.321 e. The quantitative estimate of drug-likeness (QED) is 0.644. The van der Waals surface area contributed by atoms with Crippen LogP contribution in [0.15, 0.2) is 50.9 Å². The van der Waals surface area contributed by atoms with E-state index in [0.29, 0.717) is 0 Å². The first kappa shape index (κ1) is 20.4. The van der Waals surface area contributed by atoms with Gasteiger partial charge in [-0.15, -0.1) is 0 Å². The summed E-state index contributed by atoms with van der Waals surface area (Å²) in [5.74, 6) is -0.612. The molecule has 11 heteroatoms. The summed E-state index contributed by atoms with van der Waals surface area (Å²) in [5, 5.41) is 2.78. The van der Waals surface area contributed by atoms with Crippen LogP contribution in [0.3, 0.4) is 0 Å². The minimum atomic E-state index is -3.66. The number of anilines is 1. The number of fused-ring (bicyclic) bond motifs is 1. The van der Waals surface area contributed by atoms with Crippen LogP contribution < -0.4 is 16.6 Å². The fraction of sp³-hybridized carbons (Fsp3) is 0.222. The highest BCUT2D eigenvalue weighted by Crippen LogP contribution is 2.18. The highest BCUT2D eigenvalue weighted by atomic mass is 32.2. The number of aryl methyl sites for hydroxylation is 1. The summed E-state index contributed by atoms with van der Waals surface area (Å²) < 4.78 is 27.7. The first-order valence-electron chi connectivity index (χ1n) is 8.44. The number of aromatic nitrogens is 3. The van der Waals surface area contributed by atoms with Gasteiger partial charge in [-0.3, -0.25) is 18.7 Å². The number of carbonyl (C=O) groups is 1. The van der Waals surface area contributed by atoms with E-state index in [1.165, 1.54) is 63.1 Å². The largest absolute Gasteiger partial charge is 0.332 e. The Bertz CT molecular complexity index is 1360. The molecule has 0 aliphatic carbocycles. The second-order valence-electron chi connectivity index (χ2n) is 6.54. The molecule has 29 heavy (non-hydrogen) atoms. The van der Waals surface area contributed by atoms with Crippen LogP contribution in [0, 0.1) is 0 Å². The van der Waals surface area contributed by atoms with Crippen LogP contribution in [0.5, 0.6) is 0 Å². The minimum Gasteiger partial charge on any atom is -0.321 e. The normalized spacial score (nSPS) is 11.8. The zero-order valence-electron chi connectivity index (χ0n) is 16.2. The van der Waals surface area contributed by atoms with Crippen molar-refractivity contribution in [3.63, 3.8) is 0 Å². The third-order valence-corrected chi connectivity index (χ3v) is 6.22. The van der Waals surface area contributed by atoms with Gasteiger partial charge in [-0.2, -0.15) is 0 Å². The molecule has 1 amide bonds. The third kappa shape index (κ3) is 3.57. The Morgan fingerprint density at radius 1 is 1.07 bits per heavy atom. The van der Waals surface area contributed by atoms with E-state index in [-0.39, 0.29) is 27.3 Å². The average Bonchev–Trinajstić information content (AvgIpc) is 2.70. The minimum absolute atomic E-state index is 0.0256. The monoisotopic (exact) mass is 417 g/mol. The summed E-state index contributed by atoms with van der Waals surface area (Å²) >= 11 is 0. The van der Waals surface area contributed by atoms with Crippen molar-refractivity contribution in [1.82, 2.24) is 18.4 Å². The van der Waals surface area contributed by atoms with Crippen molar-refractivity contribution >= 4 is 32.7 Å². The molecule has 0 unspecified atom stereocenters. The molecule has 0 spiro atoms. The molecule has 3 aromatic rings. The Balaban J connectivity index is 2.00. The number of hydrogen-bond acceptors (Lipinski definition) is 6. The van der Waals surface area contributed by atoms with E-state index in [9.17, 15) is 22.8 Å². The number of hydrogen-bond donors (Lipinski definition) is 1. The summed E-state index contributed by atoms with van der Waals surface area (Å²) in [4.78, 5) is 41.1. The van der Waals surface area contributed by atoms with Crippen molar-refractivity contribution in [1.29, 1.82) is 0 Å². The molecule has 2 aromatic heterocycles. The topological polar surface area (TPSA) is 123 Å². The number of amides is 1. The van der Waals surface area contributed by atoms with Gasteiger partial charge in [0.15, 0.2) is 0 Å². The molecule has 2 heterocycles. The number of nitrogens with one attached hydrogen (secondary N) is 1. The molecule has 1 N–H and O–H groups in total. The molecule has 152 valence electrons. The van der Waals surface area contributed by atoms with Gasteiger partial charge in [-0.25, -0.2) is 22.5 Å². The Morgan fingerprint density at radius 3 is 2.41 bits per heavy atom. The number of pyridine rings is 1. The number of sulfonamides is 1. The number of benzene rings is 1. The molecular weight excluding hydrogens is 398 g/mol. The summed E-state index contributed by atoms with van der Waals surface area (Å²) in [6, 6.07) is 8.59. The summed E-state index contributed by atoms with van der Waals surface area (Å²) in [6.45, 7) is 0. The first-order valence-corrected chi connectivity index (χ1v) is 9.89. The van der Waals surface area contributed by atoms with Crippen LogP contribution in [-0.4, -0.2) is 46.8 Å². The standard InChI is InChI=1S/C18H19N5O5S/c1-21(2)29(27,28)12-7-5-6-11(10-12)19-16(24)14-9-8-13-15(20-14)22(3)18(26)23(4)17(13)25/h5-10H,1-4H3,(H,19,24). The predicted molar refractivity (Wildman–Crippen MR) is 107 cm³/mol. The van der Waals surface area contributed by atoms with Crippen LogP contribution in [0.2, 0.25) is 0 Å². The highest BCUT2D eigenvalue weighted by Gasteiger charge is 2.18. The van der Waals surface area contributed by atoms with Gasteiger partial charge in [-0.05, 0) is 30.3 Å². The maximum absolute atomic E-state index is 12.6. The van der Waals surface area contributed by atoms with E-state index in [2.05, 4.69) is 10.3 Å². The van der Waals surface area contributed by atoms with Crippen molar-refractivity contribution < 1.29 is 13.2 Å². The summed E-state index contributed by atoms with van der Waals surface area (Å²) in [6.07, 6.45) is 0. The Kier molecular flexibility index (Phi) is 5.11. The molecule has 0 atom stereocenters. The fourth-order valence-electron chi connectivity index (χ4n) is 2.72. The number of carbonyl (C=O) groups excluding carboxylic acids is 1. The van der Waals surface area contributed by atoms with E-state index in [0.717, 1.165) is 8.87 Å². The Labute approximate surface area is 166 Å². The lowest BCUT2D eigenvalue weighted by molar-refractivity contribution is 0.102. The second-order valence-corrected chi connectivity index (χ2v) is 8.69. The zero-order chi connectivity index (χ0) is 21.5. The van der Waals surface area contributed by atoms with Gasteiger partial charge in [0.2, 0.25) is 10.0 Å². The van der Waals surface area contributed by atoms with Crippen LogP contribution in [-0.2, 0) is 24.1 Å². The first-order chi connectivity index (χ1) is 13.5. The molecule has 10 nitrogen and oxygen atoms in total. The molecule has 0 fully saturated rings. The van der Waals surface area contributed by atoms with E-state index in [1.807, 2.05) is 0 Å². The van der Waals surface area contributed by atoms with E-state index < -0.39 is 27.2 Å². The van der Waals surface area contributed by atoms with Gasteiger partial charge >= 0.3 is 5.69 Å². The van der Waals surface area contributed by atoms with Crippen molar-refractivity contribution in [2.45, 2.75) is 4.90 Å². The average molecular weight is 417 g/mol. The molecule has 3 rings (SSSR count). The van der Waals surface area contributed by atoms with Crippen LogP contribution >= 0.6 is 0 Å². The van der Waals surface area contributed by atoms with Crippen LogP contribution in [0.1, 0.15) is 10.5 Å². The zero-order valence-corrected chi connectivity index (χ0v) is 17.0. The van der Waals surface area contributed by atoms with E-state index >= 15 is 0 Å². The fourth-order valence-corrected chi connectivity index (χ4v) is 3.67. The maximum atomic E-state index is 12.6. The molecule has 0 bridgehead atoms. The van der Waals surface area contributed by atoms with Gasteiger partial charge in [-0.1, -0.05) is 6.07 Å². The lowest BCUT2D eigenvalue weighted by Crippen LogP contribution is -2.37. The van der Waals surface area contributed by atoms with Crippen LogP contribution in [0.4, 0.5) is 5.69 Å². The molecule has 0 aliphatic heterocycles. The van der Waals surface area contributed by atoms with Gasteiger partial charge in [0, 0.05) is 33.9 Å². The maximum Gasteiger partial charge on any atom is 0.332 e. The molecular formula is C18H19N5O5S. The van der Waals surface area contributed by atoms with Crippen molar-refractivity contribution in [2.75, 3.05) is 19.4 Å². The van der Waals surface area contributed by atoms with Crippen LogP contribution in [0.25, 0.3) is 11.0 Å². The molecule has 0 radical (unpaired) electrons. The third-order valence-electron chi connectivity index (χ3n) is 4.40. The van der Waals surface area contributed by atoms with Crippen molar-refractivity contribution in [2.24, 2.45) is 14.1 Å². The second kappa shape index (κ2) is 7.26. The Hall–Kier alpha value is -3.31.